The molecular weight excluding hydrogens is 489 g/mol. The van der Waals surface area contributed by atoms with Crippen molar-refractivity contribution in [2.24, 2.45) is 0 Å². The van der Waals surface area contributed by atoms with Crippen molar-refractivity contribution in [1.29, 1.82) is 0 Å². The van der Waals surface area contributed by atoms with Gasteiger partial charge in [0, 0.05) is 36.1 Å². The van der Waals surface area contributed by atoms with E-state index in [0.29, 0.717) is 45.4 Å². The van der Waals surface area contributed by atoms with E-state index >= 15 is 0 Å². The number of carbonyl (C=O) groups excluding carboxylic acids is 1. The van der Waals surface area contributed by atoms with E-state index in [1.54, 1.807) is 42.7 Å². The lowest BCUT2D eigenvalue weighted by molar-refractivity contribution is 0.0950. The second-order valence-corrected chi connectivity index (χ2v) is 8.70. The SMILES string of the molecule is COc1cc(C(=O)NCc2ccc(Cl)nc2)ccc1Nc1ncc(Cl)c(-c2cnn(C(C)C)c2)n1. The number of ether oxygens (including phenoxy) is 1. The summed E-state index contributed by atoms with van der Waals surface area (Å²) in [4.78, 5) is 25.5. The van der Waals surface area contributed by atoms with Crippen molar-refractivity contribution in [2.75, 3.05) is 12.4 Å². The smallest absolute Gasteiger partial charge is 0.251 e. The number of methoxy groups -OCH3 is 1. The Bertz CT molecular complexity index is 1340. The first-order valence-corrected chi connectivity index (χ1v) is 11.5. The molecule has 2 N–H and O–H groups in total. The quantitative estimate of drug-likeness (QED) is 0.309. The maximum absolute atomic E-state index is 12.6. The number of hydrogen-bond acceptors (Lipinski definition) is 7. The van der Waals surface area contributed by atoms with Crippen LogP contribution in [0.15, 0.2) is 55.1 Å². The molecule has 0 aliphatic rings. The van der Waals surface area contributed by atoms with E-state index in [9.17, 15) is 4.79 Å². The zero-order chi connectivity index (χ0) is 24.9. The molecule has 35 heavy (non-hydrogen) atoms. The largest absolute Gasteiger partial charge is 0.495 e. The van der Waals surface area contributed by atoms with Crippen molar-refractivity contribution in [2.45, 2.75) is 26.4 Å². The Labute approximate surface area is 212 Å². The van der Waals surface area contributed by atoms with Gasteiger partial charge < -0.3 is 15.4 Å². The van der Waals surface area contributed by atoms with Crippen molar-refractivity contribution in [1.82, 2.24) is 30.0 Å². The molecule has 9 nitrogen and oxygen atoms in total. The number of carbonyl (C=O) groups is 1. The minimum absolute atomic E-state index is 0.213. The minimum Gasteiger partial charge on any atom is -0.495 e. The summed E-state index contributed by atoms with van der Waals surface area (Å²) in [6.45, 7) is 4.40. The molecule has 0 atom stereocenters. The lowest BCUT2D eigenvalue weighted by Crippen LogP contribution is -2.22. The molecule has 0 spiro atoms. The van der Waals surface area contributed by atoms with Crippen LogP contribution in [0.2, 0.25) is 10.2 Å². The Hall–Kier alpha value is -3.69. The number of rotatable bonds is 8. The van der Waals surface area contributed by atoms with Crippen LogP contribution in [0.5, 0.6) is 5.75 Å². The average molecular weight is 512 g/mol. The Balaban J connectivity index is 1.50. The lowest BCUT2D eigenvalue weighted by atomic mass is 10.1. The number of pyridine rings is 1. The van der Waals surface area contributed by atoms with Crippen LogP contribution in [0.25, 0.3) is 11.3 Å². The van der Waals surface area contributed by atoms with Gasteiger partial charge in [0.25, 0.3) is 5.91 Å². The van der Waals surface area contributed by atoms with Crippen LogP contribution in [-0.2, 0) is 6.54 Å². The molecule has 3 aromatic heterocycles. The highest BCUT2D eigenvalue weighted by Crippen LogP contribution is 2.30. The molecule has 4 aromatic rings. The third-order valence-electron chi connectivity index (χ3n) is 5.10. The average Bonchev–Trinajstić information content (AvgIpc) is 3.35. The third-order valence-corrected chi connectivity index (χ3v) is 5.60. The van der Waals surface area contributed by atoms with Gasteiger partial charge in [-0.05, 0) is 43.7 Å². The highest BCUT2D eigenvalue weighted by atomic mass is 35.5. The van der Waals surface area contributed by atoms with E-state index in [-0.39, 0.29) is 11.9 Å². The number of nitrogens with one attached hydrogen (secondary N) is 2. The highest BCUT2D eigenvalue weighted by Gasteiger charge is 2.14. The van der Waals surface area contributed by atoms with Crippen LogP contribution in [0.3, 0.4) is 0 Å². The molecule has 11 heteroatoms. The number of anilines is 2. The van der Waals surface area contributed by atoms with Crippen molar-refractivity contribution >= 4 is 40.7 Å². The second kappa shape index (κ2) is 10.7. The maximum Gasteiger partial charge on any atom is 0.251 e. The third kappa shape index (κ3) is 5.87. The van der Waals surface area contributed by atoms with Gasteiger partial charge in [-0.15, -0.1) is 0 Å². The molecule has 0 aliphatic heterocycles. The summed E-state index contributed by atoms with van der Waals surface area (Å²) in [7, 11) is 1.52. The number of amides is 1. The Morgan fingerprint density at radius 1 is 1.11 bits per heavy atom. The minimum atomic E-state index is -0.253. The molecule has 0 radical (unpaired) electrons. The van der Waals surface area contributed by atoms with Gasteiger partial charge in [0.2, 0.25) is 5.95 Å². The van der Waals surface area contributed by atoms with Crippen LogP contribution in [-0.4, -0.2) is 37.7 Å². The van der Waals surface area contributed by atoms with Gasteiger partial charge in [0.1, 0.15) is 10.9 Å². The standard InChI is InChI=1S/C24H23Cl2N7O2/c1-14(2)33-13-17(11-30-33)22-18(25)12-29-24(32-22)31-19-6-5-16(8-20(19)35-3)23(34)28-10-15-4-7-21(26)27-9-15/h4-9,11-14H,10H2,1-3H3,(H,28,34)(H,29,31,32). The summed E-state index contributed by atoms with van der Waals surface area (Å²) in [6.07, 6.45) is 6.74. The number of aromatic nitrogens is 5. The van der Waals surface area contributed by atoms with E-state index in [1.807, 2.05) is 24.7 Å². The van der Waals surface area contributed by atoms with Crippen LogP contribution in [0, 0.1) is 0 Å². The Kier molecular flexibility index (Phi) is 7.48. The summed E-state index contributed by atoms with van der Waals surface area (Å²) in [6, 6.07) is 8.74. The first kappa shape index (κ1) is 24.4. The fourth-order valence-electron chi connectivity index (χ4n) is 3.22. The van der Waals surface area contributed by atoms with Crippen LogP contribution >= 0.6 is 23.2 Å². The zero-order valence-electron chi connectivity index (χ0n) is 19.3. The molecule has 4 rings (SSSR count). The molecule has 180 valence electrons. The van der Waals surface area contributed by atoms with Crippen molar-refractivity contribution in [3.8, 4) is 17.0 Å². The van der Waals surface area contributed by atoms with Gasteiger partial charge in [-0.1, -0.05) is 29.3 Å². The molecule has 0 saturated heterocycles. The molecule has 0 unspecified atom stereocenters. The number of benzene rings is 1. The van der Waals surface area contributed by atoms with E-state index in [4.69, 9.17) is 27.9 Å². The second-order valence-electron chi connectivity index (χ2n) is 7.90. The fraction of sp³-hybridized carbons (Fsp3) is 0.208. The van der Waals surface area contributed by atoms with E-state index < -0.39 is 0 Å². The Morgan fingerprint density at radius 2 is 1.94 bits per heavy atom. The normalized spacial score (nSPS) is 10.9. The first-order chi connectivity index (χ1) is 16.8. The van der Waals surface area contributed by atoms with Crippen LogP contribution in [0.4, 0.5) is 11.6 Å². The predicted molar refractivity (Wildman–Crippen MR) is 135 cm³/mol. The molecule has 0 saturated carbocycles. The van der Waals surface area contributed by atoms with Crippen molar-refractivity contribution < 1.29 is 9.53 Å². The lowest BCUT2D eigenvalue weighted by Gasteiger charge is -2.13. The zero-order valence-corrected chi connectivity index (χ0v) is 20.8. The molecule has 0 fully saturated rings. The summed E-state index contributed by atoms with van der Waals surface area (Å²) in [5.74, 6) is 0.531. The summed E-state index contributed by atoms with van der Waals surface area (Å²) in [5, 5.41) is 11.1. The monoisotopic (exact) mass is 511 g/mol. The molecule has 3 heterocycles. The van der Waals surface area contributed by atoms with Gasteiger partial charge in [-0.2, -0.15) is 5.10 Å². The molecule has 1 aromatic carbocycles. The van der Waals surface area contributed by atoms with Gasteiger partial charge in [0.15, 0.2) is 0 Å². The molecular formula is C24H23Cl2N7O2. The van der Waals surface area contributed by atoms with Crippen molar-refractivity contribution in [3.05, 3.63) is 76.4 Å². The molecule has 0 aliphatic carbocycles. The van der Waals surface area contributed by atoms with Crippen LogP contribution in [0.1, 0.15) is 35.8 Å². The number of halogens is 2. The fourth-order valence-corrected chi connectivity index (χ4v) is 3.54. The molecule has 0 bridgehead atoms. The van der Waals surface area contributed by atoms with Gasteiger partial charge in [0.05, 0.1) is 35.9 Å². The number of nitrogens with zero attached hydrogens (tertiary/aromatic N) is 5. The first-order valence-electron chi connectivity index (χ1n) is 10.7. The topological polar surface area (TPSA) is 107 Å². The maximum atomic E-state index is 12.6. The Morgan fingerprint density at radius 3 is 2.63 bits per heavy atom. The van der Waals surface area contributed by atoms with E-state index in [2.05, 4.69) is 30.7 Å². The summed E-state index contributed by atoms with van der Waals surface area (Å²) < 4.78 is 7.32. The van der Waals surface area contributed by atoms with Gasteiger partial charge >= 0.3 is 0 Å². The van der Waals surface area contributed by atoms with Gasteiger partial charge in [-0.25, -0.2) is 15.0 Å². The highest BCUT2D eigenvalue weighted by molar-refractivity contribution is 6.32. The molecule has 1 amide bonds. The number of hydrogen-bond donors (Lipinski definition) is 2. The van der Waals surface area contributed by atoms with E-state index in [1.165, 1.54) is 13.3 Å². The predicted octanol–water partition coefficient (Wildman–Crippen LogP) is 5.31. The van der Waals surface area contributed by atoms with E-state index in [0.717, 1.165) is 11.1 Å². The summed E-state index contributed by atoms with van der Waals surface area (Å²) >= 11 is 12.1. The van der Waals surface area contributed by atoms with Crippen LogP contribution < -0.4 is 15.4 Å². The van der Waals surface area contributed by atoms with Crippen molar-refractivity contribution in [3.63, 3.8) is 0 Å². The van der Waals surface area contributed by atoms with Gasteiger partial charge in [-0.3, -0.25) is 9.48 Å². The summed E-state index contributed by atoms with van der Waals surface area (Å²) in [5.41, 5.74) is 3.21.